The van der Waals surface area contributed by atoms with Crippen LogP contribution in [0.3, 0.4) is 0 Å². The van der Waals surface area contributed by atoms with Crippen molar-refractivity contribution >= 4 is 29.3 Å². The number of nitrogens with one attached hydrogen (secondary N) is 2. The number of hydrogen-bond acceptors (Lipinski definition) is 5. The maximum absolute atomic E-state index is 12.4. The van der Waals surface area contributed by atoms with Gasteiger partial charge in [-0.15, -0.1) is 10.2 Å². The van der Waals surface area contributed by atoms with E-state index in [1.165, 1.54) is 11.8 Å². The molecule has 4 rings (SSSR count). The first-order valence-electron chi connectivity index (χ1n) is 10.4. The molecule has 0 atom stereocenters. The molecule has 1 aliphatic carbocycles. The van der Waals surface area contributed by atoms with Gasteiger partial charge in [0.1, 0.15) is 0 Å². The fraction of sp³-hybridized carbons (Fsp3) is 0.304. The van der Waals surface area contributed by atoms with Gasteiger partial charge in [-0.1, -0.05) is 35.5 Å². The molecule has 0 saturated heterocycles. The molecule has 2 N–H and O–H groups in total. The Balaban J connectivity index is 1.35. The lowest BCUT2D eigenvalue weighted by molar-refractivity contribution is -0.113. The van der Waals surface area contributed by atoms with Crippen molar-refractivity contribution in [3.63, 3.8) is 0 Å². The first-order valence-corrected chi connectivity index (χ1v) is 11.4. The van der Waals surface area contributed by atoms with Gasteiger partial charge in [-0.05, 0) is 57.0 Å². The summed E-state index contributed by atoms with van der Waals surface area (Å²) >= 11 is 1.35. The molecule has 1 aliphatic rings. The molecule has 2 amide bonds. The zero-order valence-electron chi connectivity index (χ0n) is 17.6. The quantitative estimate of drug-likeness (QED) is 0.524. The first-order chi connectivity index (χ1) is 15.0. The van der Waals surface area contributed by atoms with Crippen LogP contribution in [0, 0.1) is 6.92 Å². The largest absolute Gasteiger partial charge is 0.349 e. The summed E-state index contributed by atoms with van der Waals surface area (Å²) in [5, 5.41) is 15.1. The lowest BCUT2D eigenvalue weighted by atomic mass is 10.1. The summed E-state index contributed by atoms with van der Waals surface area (Å²) in [6.45, 7) is 4.79. The molecule has 8 heteroatoms. The van der Waals surface area contributed by atoms with Crippen molar-refractivity contribution in [3.8, 4) is 11.4 Å². The van der Waals surface area contributed by atoms with Crippen LogP contribution in [0.2, 0.25) is 0 Å². The minimum absolute atomic E-state index is 0.0701. The number of aromatic nitrogens is 3. The highest BCUT2D eigenvalue weighted by Gasteiger charge is 2.23. The number of anilines is 1. The Labute approximate surface area is 185 Å². The number of carbonyl (C=O) groups is 2. The number of rotatable bonds is 8. The van der Waals surface area contributed by atoms with Crippen LogP contribution in [0.25, 0.3) is 11.4 Å². The second-order valence-corrected chi connectivity index (χ2v) is 8.52. The second-order valence-electron chi connectivity index (χ2n) is 7.58. The van der Waals surface area contributed by atoms with Crippen molar-refractivity contribution in [1.82, 2.24) is 20.1 Å². The Morgan fingerprint density at radius 1 is 1.13 bits per heavy atom. The SMILES string of the molecule is CCn1c(SCC(=O)Nc2ccc(C(=O)NC3CC3)cc2)nnc1-c1cccc(C)c1. The fourth-order valence-corrected chi connectivity index (χ4v) is 4.01. The number of benzene rings is 2. The van der Waals surface area contributed by atoms with Gasteiger partial charge < -0.3 is 15.2 Å². The van der Waals surface area contributed by atoms with E-state index in [0.29, 0.717) is 29.0 Å². The zero-order valence-corrected chi connectivity index (χ0v) is 18.4. The van der Waals surface area contributed by atoms with Crippen LogP contribution >= 0.6 is 11.8 Å². The molecule has 1 aromatic heterocycles. The molecule has 0 aliphatic heterocycles. The van der Waals surface area contributed by atoms with E-state index in [1.807, 2.05) is 36.6 Å². The van der Waals surface area contributed by atoms with Crippen LogP contribution < -0.4 is 10.6 Å². The predicted octanol–water partition coefficient (Wildman–Crippen LogP) is 3.90. The highest BCUT2D eigenvalue weighted by Crippen LogP contribution is 2.25. The number of aryl methyl sites for hydroxylation is 1. The lowest BCUT2D eigenvalue weighted by Gasteiger charge is -2.09. The van der Waals surface area contributed by atoms with Crippen LogP contribution in [0.15, 0.2) is 53.7 Å². The lowest BCUT2D eigenvalue weighted by Crippen LogP contribution is -2.25. The number of thioether (sulfide) groups is 1. The summed E-state index contributed by atoms with van der Waals surface area (Å²) in [5.74, 6) is 0.812. The number of amides is 2. The molecule has 2 aromatic carbocycles. The monoisotopic (exact) mass is 435 g/mol. The van der Waals surface area contributed by atoms with Crippen LogP contribution in [0.1, 0.15) is 35.7 Å². The number of carbonyl (C=O) groups excluding carboxylic acids is 2. The van der Waals surface area contributed by atoms with Crippen molar-refractivity contribution in [1.29, 1.82) is 0 Å². The minimum Gasteiger partial charge on any atom is -0.349 e. The Morgan fingerprint density at radius 3 is 2.58 bits per heavy atom. The highest BCUT2D eigenvalue weighted by atomic mass is 32.2. The summed E-state index contributed by atoms with van der Waals surface area (Å²) in [5.41, 5.74) is 3.43. The Hall–Kier alpha value is -3.13. The average Bonchev–Trinajstić information content (AvgIpc) is 3.48. The molecule has 1 saturated carbocycles. The van der Waals surface area contributed by atoms with E-state index in [4.69, 9.17) is 0 Å². The minimum atomic E-state index is -0.136. The Morgan fingerprint density at radius 2 is 1.90 bits per heavy atom. The molecule has 0 unspecified atom stereocenters. The van der Waals surface area contributed by atoms with Crippen LogP contribution in [0.5, 0.6) is 0 Å². The zero-order chi connectivity index (χ0) is 21.8. The average molecular weight is 436 g/mol. The van der Waals surface area contributed by atoms with E-state index in [9.17, 15) is 9.59 Å². The first kappa shape index (κ1) is 21.1. The van der Waals surface area contributed by atoms with Crippen molar-refractivity contribution in [2.75, 3.05) is 11.1 Å². The van der Waals surface area contributed by atoms with Crippen LogP contribution in [0.4, 0.5) is 5.69 Å². The highest BCUT2D eigenvalue weighted by molar-refractivity contribution is 7.99. The third kappa shape index (κ3) is 5.32. The maximum Gasteiger partial charge on any atom is 0.251 e. The normalized spacial score (nSPS) is 13.1. The van der Waals surface area contributed by atoms with Crippen molar-refractivity contribution < 1.29 is 9.59 Å². The molecule has 1 fully saturated rings. The third-order valence-electron chi connectivity index (χ3n) is 4.99. The van der Waals surface area contributed by atoms with Crippen molar-refractivity contribution in [2.45, 2.75) is 44.4 Å². The van der Waals surface area contributed by atoms with E-state index in [0.717, 1.165) is 29.8 Å². The predicted molar refractivity (Wildman–Crippen MR) is 122 cm³/mol. The molecular weight excluding hydrogens is 410 g/mol. The molecule has 160 valence electrons. The molecule has 3 aromatic rings. The summed E-state index contributed by atoms with van der Waals surface area (Å²) in [7, 11) is 0. The molecule has 0 bridgehead atoms. The second kappa shape index (κ2) is 9.34. The van der Waals surface area contributed by atoms with Gasteiger partial charge in [0, 0.05) is 29.4 Å². The number of nitrogens with zero attached hydrogens (tertiary/aromatic N) is 3. The van der Waals surface area contributed by atoms with E-state index in [1.54, 1.807) is 24.3 Å². The van der Waals surface area contributed by atoms with Gasteiger partial charge in [-0.25, -0.2) is 0 Å². The standard InChI is InChI=1S/C23H25N5O2S/c1-3-28-21(17-6-4-5-15(2)13-17)26-27-23(28)31-14-20(29)24-18-9-7-16(8-10-18)22(30)25-19-11-12-19/h4-10,13,19H,3,11-12,14H2,1-2H3,(H,24,29)(H,25,30). The van der Waals surface area contributed by atoms with Gasteiger partial charge in [0.25, 0.3) is 5.91 Å². The molecular formula is C23H25N5O2S. The molecule has 1 heterocycles. The summed E-state index contributed by atoms with van der Waals surface area (Å²) < 4.78 is 2.01. The summed E-state index contributed by atoms with van der Waals surface area (Å²) in [6.07, 6.45) is 2.10. The van der Waals surface area contributed by atoms with Gasteiger partial charge in [0.2, 0.25) is 5.91 Å². The third-order valence-corrected chi connectivity index (χ3v) is 5.95. The fourth-order valence-electron chi connectivity index (χ4n) is 3.21. The summed E-state index contributed by atoms with van der Waals surface area (Å²) in [4.78, 5) is 24.5. The van der Waals surface area contributed by atoms with Gasteiger partial charge in [0.05, 0.1) is 5.75 Å². The summed E-state index contributed by atoms with van der Waals surface area (Å²) in [6, 6.07) is 15.4. The van der Waals surface area contributed by atoms with Gasteiger partial charge in [-0.2, -0.15) is 0 Å². The van der Waals surface area contributed by atoms with E-state index in [2.05, 4.69) is 26.9 Å². The van der Waals surface area contributed by atoms with Crippen molar-refractivity contribution in [2.24, 2.45) is 0 Å². The Bertz CT molecular complexity index is 1090. The van der Waals surface area contributed by atoms with E-state index >= 15 is 0 Å². The van der Waals surface area contributed by atoms with Crippen LogP contribution in [-0.2, 0) is 11.3 Å². The van der Waals surface area contributed by atoms with E-state index in [-0.39, 0.29) is 17.6 Å². The van der Waals surface area contributed by atoms with Gasteiger partial charge in [-0.3, -0.25) is 9.59 Å². The molecule has 0 spiro atoms. The maximum atomic E-state index is 12.4. The molecule has 31 heavy (non-hydrogen) atoms. The Kier molecular flexibility index (Phi) is 6.36. The van der Waals surface area contributed by atoms with Gasteiger partial charge >= 0.3 is 0 Å². The van der Waals surface area contributed by atoms with Crippen LogP contribution in [-0.4, -0.2) is 38.4 Å². The molecule has 7 nitrogen and oxygen atoms in total. The topological polar surface area (TPSA) is 88.9 Å². The molecule has 0 radical (unpaired) electrons. The smallest absolute Gasteiger partial charge is 0.251 e. The van der Waals surface area contributed by atoms with Gasteiger partial charge in [0.15, 0.2) is 11.0 Å². The van der Waals surface area contributed by atoms with Crippen molar-refractivity contribution in [3.05, 3.63) is 59.7 Å². The van der Waals surface area contributed by atoms with E-state index < -0.39 is 0 Å². The number of hydrogen-bond donors (Lipinski definition) is 2.